The summed E-state index contributed by atoms with van der Waals surface area (Å²) in [5.74, 6) is -1.74. The number of carboxylic acids is 1. The maximum Gasteiger partial charge on any atom is 0.339 e. The lowest BCUT2D eigenvalue weighted by Crippen LogP contribution is -2.26. The summed E-state index contributed by atoms with van der Waals surface area (Å²) in [6, 6.07) is 11.3. The molecule has 2 aromatic carbocycles. The van der Waals surface area contributed by atoms with E-state index in [9.17, 15) is 19.1 Å². The number of carboxylic acid groups (broad SMARTS) is 1. The van der Waals surface area contributed by atoms with Crippen LogP contribution in [-0.2, 0) is 4.79 Å². The molecular weight excluding hydrogens is 391 g/mol. The normalized spacial score (nSPS) is 15.3. The van der Waals surface area contributed by atoms with Gasteiger partial charge in [0.1, 0.15) is 11.4 Å². The molecule has 0 spiro atoms. The van der Waals surface area contributed by atoms with Crippen molar-refractivity contribution in [3.05, 3.63) is 71.3 Å². The Morgan fingerprint density at radius 3 is 2.60 bits per heavy atom. The minimum Gasteiger partial charge on any atom is -0.493 e. The third-order valence-corrected chi connectivity index (χ3v) is 5.18. The number of halogens is 1. The van der Waals surface area contributed by atoms with Gasteiger partial charge in [0, 0.05) is 24.1 Å². The van der Waals surface area contributed by atoms with Gasteiger partial charge in [0.15, 0.2) is 11.5 Å². The highest BCUT2D eigenvalue weighted by molar-refractivity contribution is 6.04. The van der Waals surface area contributed by atoms with Crippen LogP contribution in [0.3, 0.4) is 0 Å². The summed E-state index contributed by atoms with van der Waals surface area (Å²) in [6.07, 6.45) is 1.37. The molecule has 154 valence electrons. The Labute approximate surface area is 171 Å². The van der Waals surface area contributed by atoms with Crippen LogP contribution in [0.25, 0.3) is 5.69 Å². The average molecular weight is 410 g/mol. The molecule has 1 amide bonds. The molecule has 0 radical (unpaired) electrons. The van der Waals surface area contributed by atoms with Crippen molar-refractivity contribution in [1.29, 1.82) is 0 Å². The number of methoxy groups -OCH3 is 2. The highest BCUT2D eigenvalue weighted by Gasteiger charge is 2.36. The van der Waals surface area contributed by atoms with E-state index in [0.29, 0.717) is 22.8 Å². The van der Waals surface area contributed by atoms with Crippen molar-refractivity contribution in [2.24, 2.45) is 0 Å². The van der Waals surface area contributed by atoms with Crippen LogP contribution in [-0.4, -0.2) is 35.8 Å². The standard InChI is InChI=1S/C22H19FN2O5/c1-29-17-9-5-6-12(21(17)30-2)13-10-18(26)24-19-14(22(27)28)11-25(20(13)19)16-8-4-3-7-15(16)23/h3-9,11,13H,10H2,1-2H3,(H,24,26)(H,27,28)/t13-/m0/s1. The van der Waals surface area contributed by atoms with E-state index in [1.807, 2.05) is 0 Å². The summed E-state index contributed by atoms with van der Waals surface area (Å²) < 4.78 is 27.0. The second kappa shape index (κ2) is 7.55. The number of benzene rings is 2. The number of hydrogen-bond donors (Lipinski definition) is 2. The zero-order valence-corrected chi connectivity index (χ0v) is 16.3. The first-order valence-electron chi connectivity index (χ1n) is 9.20. The van der Waals surface area contributed by atoms with Gasteiger partial charge in [-0.05, 0) is 18.2 Å². The maximum atomic E-state index is 14.6. The third kappa shape index (κ3) is 3.06. The van der Waals surface area contributed by atoms with Crippen LogP contribution in [0.4, 0.5) is 10.1 Å². The Hall–Kier alpha value is -3.81. The monoisotopic (exact) mass is 410 g/mol. The van der Waals surface area contributed by atoms with E-state index in [-0.39, 0.29) is 29.3 Å². The second-order valence-corrected chi connectivity index (χ2v) is 6.82. The van der Waals surface area contributed by atoms with E-state index in [0.717, 1.165) is 0 Å². The van der Waals surface area contributed by atoms with Gasteiger partial charge in [-0.1, -0.05) is 24.3 Å². The Balaban J connectivity index is 2.03. The molecule has 0 bridgehead atoms. The van der Waals surface area contributed by atoms with Crippen LogP contribution < -0.4 is 14.8 Å². The van der Waals surface area contributed by atoms with Crippen LogP contribution in [0, 0.1) is 5.82 Å². The number of para-hydroxylation sites is 2. The van der Waals surface area contributed by atoms with Crippen LogP contribution >= 0.6 is 0 Å². The lowest BCUT2D eigenvalue weighted by atomic mass is 9.87. The number of carbonyl (C=O) groups excluding carboxylic acids is 1. The predicted molar refractivity (Wildman–Crippen MR) is 107 cm³/mol. The molecule has 0 fully saturated rings. The molecule has 0 saturated carbocycles. The second-order valence-electron chi connectivity index (χ2n) is 6.82. The number of nitrogens with one attached hydrogen (secondary N) is 1. The molecule has 4 rings (SSSR count). The largest absolute Gasteiger partial charge is 0.493 e. The number of ether oxygens (including phenoxy) is 2. The summed E-state index contributed by atoms with van der Waals surface area (Å²) in [7, 11) is 3.00. The molecule has 0 aliphatic carbocycles. The minimum atomic E-state index is -1.22. The van der Waals surface area contributed by atoms with Crippen molar-refractivity contribution in [1.82, 2.24) is 4.57 Å². The quantitative estimate of drug-likeness (QED) is 0.668. The smallest absolute Gasteiger partial charge is 0.339 e. The van der Waals surface area contributed by atoms with Gasteiger partial charge in [-0.15, -0.1) is 0 Å². The van der Waals surface area contributed by atoms with Crippen molar-refractivity contribution >= 4 is 17.6 Å². The van der Waals surface area contributed by atoms with Crippen molar-refractivity contribution in [2.75, 3.05) is 19.5 Å². The van der Waals surface area contributed by atoms with Gasteiger partial charge in [0.25, 0.3) is 0 Å². The SMILES string of the molecule is COc1cccc([C@@H]2CC(=O)Nc3c(C(=O)O)cn(-c4ccccc4F)c32)c1OC. The number of hydrogen-bond acceptors (Lipinski definition) is 4. The molecule has 1 aliphatic rings. The molecule has 2 N–H and O–H groups in total. The fourth-order valence-electron chi connectivity index (χ4n) is 3.92. The summed E-state index contributed by atoms with van der Waals surface area (Å²) in [5.41, 5.74) is 1.32. The first-order valence-corrected chi connectivity index (χ1v) is 9.20. The number of nitrogens with zero attached hydrogens (tertiary/aromatic N) is 1. The van der Waals surface area contributed by atoms with Gasteiger partial charge >= 0.3 is 5.97 Å². The van der Waals surface area contributed by atoms with E-state index < -0.39 is 17.7 Å². The highest BCUT2D eigenvalue weighted by atomic mass is 19.1. The Bertz CT molecular complexity index is 1150. The van der Waals surface area contributed by atoms with E-state index in [4.69, 9.17) is 9.47 Å². The number of aromatic carboxylic acids is 1. The molecule has 1 atom stereocenters. The van der Waals surface area contributed by atoms with Gasteiger partial charge in [0.05, 0.1) is 31.3 Å². The molecular formula is C22H19FN2O5. The summed E-state index contributed by atoms with van der Waals surface area (Å²) in [6.45, 7) is 0. The maximum absolute atomic E-state index is 14.6. The van der Waals surface area contributed by atoms with E-state index in [2.05, 4.69) is 5.32 Å². The molecule has 0 unspecified atom stereocenters. The molecule has 7 nitrogen and oxygen atoms in total. The first kappa shape index (κ1) is 19.5. The van der Waals surface area contributed by atoms with Gasteiger partial charge in [0.2, 0.25) is 5.91 Å². The average Bonchev–Trinajstić information content (AvgIpc) is 3.12. The molecule has 0 saturated heterocycles. The van der Waals surface area contributed by atoms with Crippen molar-refractivity contribution in [3.8, 4) is 17.2 Å². The fraction of sp³-hybridized carbons (Fsp3) is 0.182. The Kier molecular flexibility index (Phi) is 4.91. The number of aromatic nitrogens is 1. The predicted octanol–water partition coefficient (Wildman–Crippen LogP) is 3.81. The number of anilines is 1. The van der Waals surface area contributed by atoms with Gasteiger partial charge in [-0.25, -0.2) is 9.18 Å². The Morgan fingerprint density at radius 1 is 1.17 bits per heavy atom. The van der Waals surface area contributed by atoms with Crippen molar-refractivity contribution in [2.45, 2.75) is 12.3 Å². The van der Waals surface area contributed by atoms with E-state index >= 15 is 0 Å². The molecule has 1 aromatic heterocycles. The molecule has 8 heteroatoms. The fourth-order valence-corrected chi connectivity index (χ4v) is 3.92. The third-order valence-electron chi connectivity index (χ3n) is 5.18. The van der Waals surface area contributed by atoms with E-state index in [1.165, 1.54) is 31.0 Å². The lowest BCUT2D eigenvalue weighted by molar-refractivity contribution is -0.116. The first-order chi connectivity index (χ1) is 14.5. The lowest BCUT2D eigenvalue weighted by Gasteiger charge is -2.27. The van der Waals surface area contributed by atoms with Gasteiger partial charge in [-0.3, -0.25) is 4.79 Å². The molecule has 30 heavy (non-hydrogen) atoms. The number of amides is 1. The number of fused-ring (bicyclic) bond motifs is 1. The number of rotatable bonds is 5. The highest BCUT2D eigenvalue weighted by Crippen LogP contribution is 2.46. The Morgan fingerprint density at radius 2 is 1.93 bits per heavy atom. The molecule has 2 heterocycles. The zero-order valence-electron chi connectivity index (χ0n) is 16.3. The van der Waals surface area contributed by atoms with Gasteiger partial charge < -0.3 is 24.5 Å². The van der Waals surface area contributed by atoms with Crippen molar-refractivity contribution in [3.63, 3.8) is 0 Å². The van der Waals surface area contributed by atoms with Crippen LogP contribution in [0.15, 0.2) is 48.7 Å². The van der Waals surface area contributed by atoms with Crippen LogP contribution in [0.5, 0.6) is 11.5 Å². The minimum absolute atomic E-state index is 0.0358. The van der Waals surface area contributed by atoms with Crippen molar-refractivity contribution < 1.29 is 28.6 Å². The van der Waals surface area contributed by atoms with Crippen LogP contribution in [0.1, 0.15) is 34.0 Å². The summed E-state index contributed by atoms with van der Waals surface area (Å²) in [4.78, 5) is 24.4. The van der Waals surface area contributed by atoms with Crippen LogP contribution in [0.2, 0.25) is 0 Å². The topological polar surface area (TPSA) is 89.8 Å². The number of carbonyl (C=O) groups is 2. The van der Waals surface area contributed by atoms with Gasteiger partial charge in [-0.2, -0.15) is 0 Å². The molecule has 1 aliphatic heterocycles. The summed E-state index contributed by atoms with van der Waals surface area (Å²) in [5, 5.41) is 12.3. The van der Waals surface area contributed by atoms with E-state index in [1.54, 1.807) is 36.4 Å². The molecule has 3 aromatic rings. The summed E-state index contributed by atoms with van der Waals surface area (Å²) >= 11 is 0. The zero-order chi connectivity index (χ0) is 21.4.